The molecule has 0 saturated carbocycles. The highest BCUT2D eigenvalue weighted by Gasteiger charge is 2.39. The van der Waals surface area contributed by atoms with E-state index in [-0.39, 0.29) is 5.91 Å². The summed E-state index contributed by atoms with van der Waals surface area (Å²) in [5, 5.41) is 10.3. The van der Waals surface area contributed by atoms with Gasteiger partial charge in [0.1, 0.15) is 0 Å². The van der Waals surface area contributed by atoms with E-state index in [1.54, 1.807) is 50.2 Å². The second kappa shape index (κ2) is 6.97. The van der Waals surface area contributed by atoms with E-state index in [4.69, 9.17) is 23.2 Å². The summed E-state index contributed by atoms with van der Waals surface area (Å²) in [6.07, 6.45) is 0. The Morgan fingerprint density at radius 2 is 1.88 bits per heavy atom. The number of nitrogens with one attached hydrogen (secondary N) is 3. The molecule has 1 aliphatic heterocycles. The molecule has 1 heterocycles. The van der Waals surface area contributed by atoms with Crippen LogP contribution in [0.4, 0.5) is 16.2 Å². The maximum Gasteiger partial charge on any atom is 0.323 e. The van der Waals surface area contributed by atoms with Gasteiger partial charge < -0.3 is 10.6 Å². The highest BCUT2D eigenvalue weighted by Crippen LogP contribution is 2.28. The quantitative estimate of drug-likeness (QED) is 0.720. The number of hydrazone groups is 1. The van der Waals surface area contributed by atoms with Crippen LogP contribution in [0.2, 0.25) is 10.0 Å². The second-order valence-corrected chi connectivity index (χ2v) is 7.15. The number of carbonyl (C=O) groups is 2. The third-order valence-corrected chi connectivity index (χ3v) is 4.55. The maximum absolute atomic E-state index is 12.2. The van der Waals surface area contributed by atoms with Gasteiger partial charge in [0, 0.05) is 16.3 Å². The van der Waals surface area contributed by atoms with Crippen molar-refractivity contribution in [3.8, 4) is 0 Å². The Balaban J connectivity index is 1.75. The van der Waals surface area contributed by atoms with E-state index in [1.165, 1.54) is 0 Å². The summed E-state index contributed by atoms with van der Waals surface area (Å²) in [5.41, 5.74) is 4.11. The molecule has 3 N–H and O–H groups in total. The van der Waals surface area contributed by atoms with Gasteiger partial charge in [-0.05, 0) is 44.2 Å². The molecule has 2 aromatic carbocycles. The van der Waals surface area contributed by atoms with Crippen molar-refractivity contribution in [2.45, 2.75) is 13.8 Å². The molecule has 0 saturated heterocycles. The van der Waals surface area contributed by atoms with Crippen molar-refractivity contribution >= 4 is 52.2 Å². The molecule has 0 bridgehead atoms. The number of carbonyl (C=O) groups excluding carboxylic acids is 2. The van der Waals surface area contributed by atoms with E-state index < -0.39 is 11.4 Å². The number of urea groups is 1. The monoisotopic (exact) mass is 390 g/mol. The van der Waals surface area contributed by atoms with Gasteiger partial charge in [-0.15, -0.1) is 0 Å². The third kappa shape index (κ3) is 3.66. The first-order valence-electron chi connectivity index (χ1n) is 7.79. The molecule has 0 atom stereocenters. The minimum atomic E-state index is -0.738. The summed E-state index contributed by atoms with van der Waals surface area (Å²) in [6.45, 7) is 3.59. The average molecular weight is 391 g/mol. The molecule has 134 valence electrons. The van der Waals surface area contributed by atoms with Crippen molar-refractivity contribution in [2.24, 2.45) is 10.5 Å². The van der Waals surface area contributed by atoms with Gasteiger partial charge in [-0.3, -0.25) is 4.79 Å². The number of halogens is 2. The Morgan fingerprint density at radius 3 is 2.54 bits per heavy atom. The van der Waals surface area contributed by atoms with Crippen molar-refractivity contribution < 1.29 is 9.59 Å². The fraction of sp³-hybridized carbons (Fsp3) is 0.167. The number of nitrogens with zero attached hydrogens (tertiary/aromatic N) is 1. The van der Waals surface area contributed by atoms with Gasteiger partial charge in [0.2, 0.25) is 0 Å². The molecule has 3 rings (SSSR count). The SMILES string of the molecule is CC1(C)C(=O)NN=C1c1cccc(NC(=O)Nc2ccc(Cl)cc2Cl)c1. The van der Waals surface area contributed by atoms with E-state index in [1.807, 2.05) is 6.07 Å². The minimum Gasteiger partial charge on any atom is -0.308 e. The molecule has 8 heteroatoms. The topological polar surface area (TPSA) is 82.6 Å². The van der Waals surface area contributed by atoms with Crippen LogP contribution in [0, 0.1) is 5.41 Å². The van der Waals surface area contributed by atoms with E-state index in [0.29, 0.717) is 27.1 Å². The van der Waals surface area contributed by atoms with Gasteiger partial charge >= 0.3 is 6.03 Å². The van der Waals surface area contributed by atoms with Crippen LogP contribution < -0.4 is 16.1 Å². The minimum absolute atomic E-state index is 0.166. The molecule has 0 aromatic heterocycles. The molecule has 26 heavy (non-hydrogen) atoms. The lowest BCUT2D eigenvalue weighted by molar-refractivity contribution is -0.125. The number of benzene rings is 2. The number of anilines is 2. The summed E-state index contributed by atoms with van der Waals surface area (Å²) in [5.74, 6) is -0.166. The van der Waals surface area contributed by atoms with E-state index >= 15 is 0 Å². The smallest absolute Gasteiger partial charge is 0.308 e. The molecule has 0 unspecified atom stereocenters. The van der Waals surface area contributed by atoms with Gasteiger partial charge in [-0.2, -0.15) is 5.10 Å². The van der Waals surface area contributed by atoms with Gasteiger partial charge in [-0.25, -0.2) is 10.2 Å². The zero-order valence-electron chi connectivity index (χ0n) is 14.1. The van der Waals surface area contributed by atoms with Crippen LogP contribution in [0.1, 0.15) is 19.4 Å². The maximum atomic E-state index is 12.2. The first kappa shape index (κ1) is 18.2. The lowest BCUT2D eigenvalue weighted by atomic mass is 9.84. The molecule has 3 amide bonds. The van der Waals surface area contributed by atoms with Crippen LogP contribution in [0.5, 0.6) is 0 Å². The van der Waals surface area contributed by atoms with Crippen molar-refractivity contribution in [3.63, 3.8) is 0 Å². The van der Waals surface area contributed by atoms with E-state index in [0.717, 1.165) is 5.56 Å². The average Bonchev–Trinajstić information content (AvgIpc) is 2.84. The predicted octanol–water partition coefficient (Wildman–Crippen LogP) is 4.50. The van der Waals surface area contributed by atoms with Crippen molar-refractivity contribution in [2.75, 3.05) is 10.6 Å². The largest absolute Gasteiger partial charge is 0.323 e. The molecule has 0 aliphatic carbocycles. The van der Waals surface area contributed by atoms with Crippen LogP contribution in [-0.4, -0.2) is 17.6 Å². The van der Waals surface area contributed by atoms with Crippen molar-refractivity contribution in [1.82, 2.24) is 5.43 Å². The molecule has 0 spiro atoms. The fourth-order valence-corrected chi connectivity index (χ4v) is 2.99. The molecule has 0 fully saturated rings. The van der Waals surface area contributed by atoms with Crippen LogP contribution >= 0.6 is 23.2 Å². The Hall–Kier alpha value is -2.57. The van der Waals surface area contributed by atoms with Crippen LogP contribution in [0.3, 0.4) is 0 Å². The Labute approximate surface area is 160 Å². The first-order valence-corrected chi connectivity index (χ1v) is 8.55. The molecular weight excluding hydrogens is 375 g/mol. The van der Waals surface area contributed by atoms with Gasteiger partial charge in [0.15, 0.2) is 0 Å². The molecule has 2 aromatic rings. The normalized spacial score (nSPS) is 15.2. The summed E-state index contributed by atoms with van der Waals surface area (Å²) in [7, 11) is 0. The lowest BCUT2D eigenvalue weighted by Gasteiger charge is -2.17. The number of hydrogen-bond acceptors (Lipinski definition) is 3. The van der Waals surface area contributed by atoms with E-state index in [9.17, 15) is 9.59 Å². The number of rotatable bonds is 3. The van der Waals surface area contributed by atoms with Gasteiger partial charge in [-0.1, -0.05) is 35.3 Å². The van der Waals surface area contributed by atoms with Gasteiger partial charge in [0.25, 0.3) is 5.91 Å². The summed E-state index contributed by atoms with van der Waals surface area (Å²) >= 11 is 11.9. The van der Waals surface area contributed by atoms with Crippen LogP contribution in [0.15, 0.2) is 47.6 Å². The first-order chi connectivity index (χ1) is 12.3. The zero-order valence-corrected chi connectivity index (χ0v) is 15.6. The summed E-state index contributed by atoms with van der Waals surface area (Å²) < 4.78 is 0. The Kier molecular flexibility index (Phi) is 4.89. The highest BCUT2D eigenvalue weighted by atomic mass is 35.5. The zero-order chi connectivity index (χ0) is 18.9. The summed E-state index contributed by atoms with van der Waals surface area (Å²) in [6, 6.07) is 11.5. The fourth-order valence-electron chi connectivity index (χ4n) is 2.54. The predicted molar refractivity (Wildman–Crippen MR) is 104 cm³/mol. The number of hydrogen-bond donors (Lipinski definition) is 3. The summed E-state index contributed by atoms with van der Waals surface area (Å²) in [4.78, 5) is 24.1. The third-order valence-electron chi connectivity index (χ3n) is 4.00. The van der Waals surface area contributed by atoms with Crippen LogP contribution in [-0.2, 0) is 4.79 Å². The van der Waals surface area contributed by atoms with E-state index in [2.05, 4.69) is 21.2 Å². The Bertz CT molecular complexity index is 925. The second-order valence-electron chi connectivity index (χ2n) is 6.31. The number of amides is 3. The lowest BCUT2D eigenvalue weighted by Crippen LogP contribution is -2.32. The Morgan fingerprint density at radius 1 is 1.12 bits per heavy atom. The van der Waals surface area contributed by atoms with Crippen LogP contribution in [0.25, 0.3) is 0 Å². The molecular formula is C18H16Cl2N4O2. The standard InChI is InChI=1S/C18H16Cl2N4O2/c1-18(2)15(23-24-16(18)25)10-4-3-5-12(8-10)21-17(26)22-14-7-6-11(19)9-13(14)20/h3-9H,1-2H3,(H,24,25)(H2,21,22,26). The highest BCUT2D eigenvalue weighted by molar-refractivity contribution is 6.36. The van der Waals surface area contributed by atoms with Crippen molar-refractivity contribution in [1.29, 1.82) is 0 Å². The molecule has 0 radical (unpaired) electrons. The molecule has 1 aliphatic rings. The van der Waals surface area contributed by atoms with Gasteiger partial charge in [0.05, 0.1) is 21.8 Å². The van der Waals surface area contributed by atoms with Crippen molar-refractivity contribution in [3.05, 3.63) is 58.1 Å². The molecule has 6 nitrogen and oxygen atoms in total.